The fourth-order valence-corrected chi connectivity index (χ4v) is 2.35. The third-order valence-corrected chi connectivity index (χ3v) is 3.57. The molecule has 0 bridgehead atoms. The lowest BCUT2D eigenvalue weighted by atomic mass is 9.84. The first-order valence-corrected chi connectivity index (χ1v) is 7.11. The molecule has 1 unspecified atom stereocenters. The van der Waals surface area contributed by atoms with Gasteiger partial charge in [0, 0.05) is 0 Å². The molecule has 1 N–H and O–H groups in total. The molecule has 0 amide bonds. The van der Waals surface area contributed by atoms with Gasteiger partial charge < -0.3 is 5.32 Å². The first-order valence-electron chi connectivity index (χ1n) is 7.11. The summed E-state index contributed by atoms with van der Waals surface area (Å²) in [4.78, 5) is 0. The summed E-state index contributed by atoms with van der Waals surface area (Å²) in [5.41, 5.74) is 3.37. The van der Waals surface area contributed by atoms with Gasteiger partial charge in [-0.25, -0.2) is 0 Å². The van der Waals surface area contributed by atoms with E-state index in [1.54, 1.807) is 0 Å². The molecule has 0 saturated heterocycles. The summed E-state index contributed by atoms with van der Waals surface area (Å²) >= 11 is 0. The summed E-state index contributed by atoms with van der Waals surface area (Å²) < 4.78 is 0. The fourth-order valence-electron chi connectivity index (χ4n) is 2.35. The maximum absolute atomic E-state index is 3.34. The highest BCUT2D eigenvalue weighted by molar-refractivity contribution is 5.25. The summed E-state index contributed by atoms with van der Waals surface area (Å²) in [5.74, 6) is 0.746. The Bertz CT molecular complexity index is 349. The SMILES string of the molecule is CNCC(CCC(C)(C)C)Cc1ccccc1C. The minimum atomic E-state index is 0.442. The topological polar surface area (TPSA) is 12.0 Å². The summed E-state index contributed by atoms with van der Waals surface area (Å²) in [5, 5.41) is 3.34. The molecule has 0 radical (unpaired) electrons. The van der Waals surface area contributed by atoms with Crippen LogP contribution in [-0.2, 0) is 6.42 Å². The molecule has 18 heavy (non-hydrogen) atoms. The average Bonchev–Trinajstić information content (AvgIpc) is 2.28. The van der Waals surface area contributed by atoms with Crippen LogP contribution in [0, 0.1) is 18.3 Å². The monoisotopic (exact) mass is 247 g/mol. The molecule has 0 heterocycles. The van der Waals surface area contributed by atoms with Crippen molar-refractivity contribution in [2.24, 2.45) is 11.3 Å². The lowest BCUT2D eigenvalue weighted by molar-refractivity contribution is 0.316. The van der Waals surface area contributed by atoms with E-state index in [-0.39, 0.29) is 0 Å². The molecular formula is C17H29N. The number of hydrogen-bond donors (Lipinski definition) is 1. The molecule has 0 aliphatic heterocycles. The average molecular weight is 247 g/mol. The van der Waals surface area contributed by atoms with Gasteiger partial charge in [0.25, 0.3) is 0 Å². The predicted molar refractivity (Wildman–Crippen MR) is 81.0 cm³/mol. The van der Waals surface area contributed by atoms with Gasteiger partial charge in [-0.05, 0) is 62.2 Å². The second-order valence-electron chi connectivity index (χ2n) is 6.65. The molecule has 0 aliphatic carbocycles. The highest BCUT2D eigenvalue weighted by Gasteiger charge is 2.16. The zero-order valence-corrected chi connectivity index (χ0v) is 12.7. The minimum absolute atomic E-state index is 0.442. The Labute approximate surface area is 113 Å². The Morgan fingerprint density at radius 3 is 2.39 bits per heavy atom. The molecule has 0 aliphatic rings. The normalized spacial score (nSPS) is 13.6. The van der Waals surface area contributed by atoms with E-state index < -0.39 is 0 Å². The van der Waals surface area contributed by atoms with Crippen LogP contribution < -0.4 is 5.32 Å². The molecule has 0 saturated carbocycles. The van der Waals surface area contributed by atoms with Gasteiger partial charge in [0.2, 0.25) is 0 Å². The van der Waals surface area contributed by atoms with Crippen LogP contribution in [0.2, 0.25) is 0 Å². The van der Waals surface area contributed by atoms with E-state index in [1.165, 1.54) is 30.4 Å². The molecule has 0 aromatic heterocycles. The zero-order valence-electron chi connectivity index (χ0n) is 12.7. The van der Waals surface area contributed by atoms with Crippen LogP contribution in [-0.4, -0.2) is 13.6 Å². The molecule has 1 aromatic rings. The Balaban J connectivity index is 2.60. The van der Waals surface area contributed by atoms with Crippen LogP contribution in [0.4, 0.5) is 0 Å². The zero-order chi connectivity index (χ0) is 13.6. The second-order valence-corrected chi connectivity index (χ2v) is 6.65. The summed E-state index contributed by atoms with van der Waals surface area (Å²) in [6.45, 7) is 10.3. The summed E-state index contributed by atoms with van der Waals surface area (Å²) in [6.07, 6.45) is 3.80. The molecule has 1 aromatic carbocycles. The van der Waals surface area contributed by atoms with Crippen molar-refractivity contribution in [3.8, 4) is 0 Å². The van der Waals surface area contributed by atoms with Gasteiger partial charge in [0.1, 0.15) is 0 Å². The van der Waals surface area contributed by atoms with E-state index >= 15 is 0 Å². The third kappa shape index (κ3) is 5.68. The Morgan fingerprint density at radius 2 is 1.83 bits per heavy atom. The van der Waals surface area contributed by atoms with Crippen LogP contribution in [0.15, 0.2) is 24.3 Å². The molecule has 102 valence electrons. The van der Waals surface area contributed by atoms with Crippen molar-refractivity contribution in [1.29, 1.82) is 0 Å². The third-order valence-electron chi connectivity index (χ3n) is 3.57. The quantitative estimate of drug-likeness (QED) is 0.794. The molecule has 1 rings (SSSR count). The lowest BCUT2D eigenvalue weighted by Gasteiger charge is -2.23. The van der Waals surface area contributed by atoms with Gasteiger partial charge in [0.05, 0.1) is 0 Å². The number of hydrogen-bond acceptors (Lipinski definition) is 1. The number of rotatable bonds is 6. The lowest BCUT2D eigenvalue weighted by Crippen LogP contribution is -2.22. The van der Waals surface area contributed by atoms with Gasteiger partial charge in [0.15, 0.2) is 0 Å². The smallest absolute Gasteiger partial charge is 0.00203 e. The van der Waals surface area contributed by atoms with Crippen molar-refractivity contribution in [3.63, 3.8) is 0 Å². The second kappa shape index (κ2) is 6.94. The predicted octanol–water partition coefficient (Wildman–Crippen LogP) is 4.20. The minimum Gasteiger partial charge on any atom is -0.319 e. The van der Waals surface area contributed by atoms with Crippen LogP contribution in [0.5, 0.6) is 0 Å². The first kappa shape index (κ1) is 15.2. The van der Waals surface area contributed by atoms with Gasteiger partial charge in [-0.3, -0.25) is 0 Å². The fraction of sp³-hybridized carbons (Fsp3) is 0.647. The van der Waals surface area contributed by atoms with Gasteiger partial charge in [-0.15, -0.1) is 0 Å². The van der Waals surface area contributed by atoms with Crippen LogP contribution in [0.3, 0.4) is 0 Å². The van der Waals surface area contributed by atoms with Gasteiger partial charge in [-0.2, -0.15) is 0 Å². The van der Waals surface area contributed by atoms with E-state index in [0.717, 1.165) is 12.5 Å². The summed E-state index contributed by atoms with van der Waals surface area (Å²) in [6, 6.07) is 8.77. The Morgan fingerprint density at radius 1 is 1.17 bits per heavy atom. The van der Waals surface area contributed by atoms with E-state index in [4.69, 9.17) is 0 Å². The number of benzene rings is 1. The summed E-state index contributed by atoms with van der Waals surface area (Å²) in [7, 11) is 2.06. The highest BCUT2D eigenvalue weighted by Crippen LogP contribution is 2.25. The van der Waals surface area contributed by atoms with Crippen molar-refractivity contribution < 1.29 is 0 Å². The van der Waals surface area contributed by atoms with Crippen molar-refractivity contribution in [2.45, 2.75) is 47.0 Å². The molecule has 1 atom stereocenters. The van der Waals surface area contributed by atoms with E-state index in [0.29, 0.717) is 5.41 Å². The van der Waals surface area contributed by atoms with E-state index in [1.807, 2.05) is 0 Å². The Hall–Kier alpha value is -0.820. The maximum atomic E-state index is 3.34. The molecule has 1 heteroatoms. The van der Waals surface area contributed by atoms with Crippen molar-refractivity contribution in [1.82, 2.24) is 5.32 Å². The first-order chi connectivity index (χ1) is 8.42. The standard InChI is InChI=1S/C17H29N/c1-14-8-6-7-9-16(14)12-15(13-18-5)10-11-17(2,3)4/h6-9,15,18H,10-13H2,1-5H3. The van der Waals surface area contributed by atoms with E-state index in [2.05, 4.69) is 64.3 Å². The van der Waals surface area contributed by atoms with Gasteiger partial charge in [-0.1, -0.05) is 45.0 Å². The maximum Gasteiger partial charge on any atom is -0.00203 e. The molecular weight excluding hydrogens is 218 g/mol. The van der Waals surface area contributed by atoms with Crippen LogP contribution >= 0.6 is 0 Å². The van der Waals surface area contributed by atoms with E-state index in [9.17, 15) is 0 Å². The molecule has 0 spiro atoms. The van der Waals surface area contributed by atoms with Crippen LogP contribution in [0.25, 0.3) is 0 Å². The van der Waals surface area contributed by atoms with Crippen LogP contribution in [0.1, 0.15) is 44.7 Å². The number of aryl methyl sites for hydroxylation is 1. The largest absolute Gasteiger partial charge is 0.319 e. The Kier molecular flexibility index (Phi) is 5.87. The van der Waals surface area contributed by atoms with Crippen molar-refractivity contribution in [3.05, 3.63) is 35.4 Å². The highest BCUT2D eigenvalue weighted by atomic mass is 14.8. The van der Waals surface area contributed by atoms with Gasteiger partial charge >= 0.3 is 0 Å². The molecule has 1 nitrogen and oxygen atoms in total. The van der Waals surface area contributed by atoms with Crippen molar-refractivity contribution in [2.75, 3.05) is 13.6 Å². The molecule has 0 fully saturated rings. The van der Waals surface area contributed by atoms with Crippen molar-refractivity contribution >= 4 is 0 Å². The number of nitrogens with one attached hydrogen (secondary N) is 1.